The van der Waals surface area contributed by atoms with Gasteiger partial charge in [0.1, 0.15) is 5.60 Å². The smallest absolute Gasteiger partial charge is 0.410 e. The number of rotatable bonds is 2. The third kappa shape index (κ3) is 4.37. The molecular formula is C19H31N3O2S2. The molecule has 3 rings (SSSR count). The zero-order chi connectivity index (χ0) is 19.2. The largest absolute Gasteiger partial charge is 0.444 e. The van der Waals surface area contributed by atoms with E-state index >= 15 is 0 Å². The topological polar surface area (TPSA) is 54.5 Å². The molecule has 0 unspecified atom stereocenters. The Morgan fingerprint density at radius 2 is 1.96 bits per heavy atom. The maximum Gasteiger partial charge on any atom is 0.410 e. The van der Waals surface area contributed by atoms with Crippen LogP contribution in [-0.4, -0.2) is 39.4 Å². The highest BCUT2D eigenvalue weighted by molar-refractivity contribution is 7.98. The summed E-state index contributed by atoms with van der Waals surface area (Å²) >= 11 is 3.57. The molecule has 5 nitrogen and oxygen atoms in total. The zero-order valence-corrected chi connectivity index (χ0v) is 18.4. The normalized spacial score (nSPS) is 22.5. The van der Waals surface area contributed by atoms with Crippen LogP contribution in [0, 0.1) is 5.41 Å². The number of nitrogens with zero attached hydrogens (tertiary/aromatic N) is 2. The van der Waals surface area contributed by atoms with Crippen molar-refractivity contribution in [1.29, 1.82) is 0 Å². The van der Waals surface area contributed by atoms with E-state index in [4.69, 9.17) is 4.74 Å². The molecule has 7 heteroatoms. The number of fused-ring (bicyclic) bond motifs is 1. The molecule has 1 spiro atoms. The second-order valence-corrected chi connectivity index (χ2v) is 12.0. The number of carbonyl (C=O) groups excluding carboxylic acids is 1. The van der Waals surface area contributed by atoms with E-state index in [-0.39, 0.29) is 16.3 Å². The lowest BCUT2D eigenvalue weighted by molar-refractivity contribution is 0.00735. The second kappa shape index (κ2) is 6.99. The van der Waals surface area contributed by atoms with Crippen LogP contribution in [-0.2, 0) is 11.2 Å². The second-order valence-electron chi connectivity index (χ2n) is 9.44. The SMILES string of the molecule is CC(C)(C)OC(=O)N1CCC2(CC1)Cc1ncsc1[C@@H]2NSC(C)(C)C. The molecular weight excluding hydrogens is 366 g/mol. The molecule has 1 amide bonds. The Morgan fingerprint density at radius 1 is 1.31 bits per heavy atom. The Labute approximate surface area is 165 Å². The van der Waals surface area contributed by atoms with E-state index in [2.05, 4.69) is 30.5 Å². The minimum Gasteiger partial charge on any atom is -0.444 e. The summed E-state index contributed by atoms with van der Waals surface area (Å²) < 4.78 is 9.47. The third-order valence-electron chi connectivity index (χ3n) is 4.96. The van der Waals surface area contributed by atoms with Crippen LogP contribution in [0.25, 0.3) is 0 Å². The van der Waals surface area contributed by atoms with Gasteiger partial charge in [0.15, 0.2) is 0 Å². The molecule has 0 saturated carbocycles. The highest BCUT2D eigenvalue weighted by atomic mass is 32.2. The van der Waals surface area contributed by atoms with Crippen molar-refractivity contribution in [2.75, 3.05) is 13.1 Å². The first kappa shape index (κ1) is 20.0. The highest BCUT2D eigenvalue weighted by Crippen LogP contribution is 2.54. The molecule has 1 fully saturated rings. The van der Waals surface area contributed by atoms with Gasteiger partial charge in [0.25, 0.3) is 0 Å². The molecule has 2 aliphatic rings. The average Bonchev–Trinajstić information content (AvgIpc) is 3.02. The lowest BCUT2D eigenvalue weighted by Crippen LogP contribution is -2.48. The molecule has 26 heavy (non-hydrogen) atoms. The van der Waals surface area contributed by atoms with Crippen molar-refractivity contribution in [2.24, 2.45) is 5.41 Å². The van der Waals surface area contributed by atoms with E-state index in [1.165, 1.54) is 10.6 Å². The molecule has 1 aromatic heterocycles. The lowest BCUT2D eigenvalue weighted by atomic mass is 9.74. The molecule has 1 atom stereocenters. The van der Waals surface area contributed by atoms with Gasteiger partial charge in [0, 0.05) is 28.1 Å². The summed E-state index contributed by atoms with van der Waals surface area (Å²) in [5.41, 5.74) is 2.92. The standard InChI is InChI=1S/C19H31N3O2S2/c1-17(2,3)24-16(23)22-9-7-19(8-10-22)11-13-14(25-12-20-13)15(19)21-26-18(4,5)6/h12,15,21H,7-11H2,1-6H3/t15-/m0/s1. The van der Waals surface area contributed by atoms with Gasteiger partial charge in [-0.25, -0.2) is 9.78 Å². The number of carbonyl (C=O) groups is 1. The molecule has 0 radical (unpaired) electrons. The van der Waals surface area contributed by atoms with Crippen molar-refractivity contribution in [3.05, 3.63) is 16.1 Å². The van der Waals surface area contributed by atoms with Gasteiger partial charge in [-0.05, 0) is 60.8 Å². The van der Waals surface area contributed by atoms with Crippen LogP contribution in [0.2, 0.25) is 0 Å². The number of piperidine rings is 1. The fourth-order valence-corrected chi connectivity index (χ4v) is 5.61. The van der Waals surface area contributed by atoms with Gasteiger partial charge in [-0.2, -0.15) is 0 Å². The summed E-state index contributed by atoms with van der Waals surface area (Å²) in [7, 11) is 0. The quantitative estimate of drug-likeness (QED) is 0.727. The summed E-state index contributed by atoms with van der Waals surface area (Å²) in [5, 5.41) is 0. The number of thiazole rings is 1. The van der Waals surface area contributed by atoms with Gasteiger partial charge < -0.3 is 9.64 Å². The first-order valence-corrected chi connectivity index (χ1v) is 11.0. The van der Waals surface area contributed by atoms with Gasteiger partial charge in [-0.3, -0.25) is 4.72 Å². The number of nitrogens with one attached hydrogen (secondary N) is 1. The summed E-state index contributed by atoms with van der Waals surface area (Å²) in [6.45, 7) is 13.9. The third-order valence-corrected chi connectivity index (χ3v) is 6.86. The number of likely N-dealkylation sites (tertiary alicyclic amines) is 1. The van der Waals surface area contributed by atoms with E-state index in [0.29, 0.717) is 6.04 Å². The fraction of sp³-hybridized carbons (Fsp3) is 0.789. The first-order chi connectivity index (χ1) is 12.0. The molecule has 1 aliphatic carbocycles. The molecule has 2 heterocycles. The van der Waals surface area contributed by atoms with Crippen molar-refractivity contribution in [2.45, 2.75) is 77.2 Å². The van der Waals surface area contributed by atoms with Crippen molar-refractivity contribution in [3.8, 4) is 0 Å². The summed E-state index contributed by atoms with van der Waals surface area (Å²) in [6.07, 6.45) is 2.79. The number of ether oxygens (including phenoxy) is 1. The number of aromatic nitrogens is 1. The van der Waals surface area contributed by atoms with Crippen LogP contribution < -0.4 is 4.72 Å². The molecule has 1 N–H and O–H groups in total. The molecule has 0 aromatic carbocycles. The van der Waals surface area contributed by atoms with Crippen molar-refractivity contribution >= 4 is 29.4 Å². The maximum atomic E-state index is 12.4. The fourth-order valence-electron chi connectivity index (χ4n) is 3.70. The van der Waals surface area contributed by atoms with Gasteiger partial charge in [0.2, 0.25) is 0 Å². The van der Waals surface area contributed by atoms with Crippen molar-refractivity contribution in [1.82, 2.24) is 14.6 Å². The average molecular weight is 398 g/mol. The van der Waals surface area contributed by atoms with Crippen LogP contribution in [0.4, 0.5) is 4.79 Å². The van der Waals surface area contributed by atoms with E-state index in [9.17, 15) is 4.79 Å². The van der Waals surface area contributed by atoms with Gasteiger partial charge in [-0.15, -0.1) is 11.3 Å². The molecule has 1 saturated heterocycles. The number of hydrogen-bond acceptors (Lipinski definition) is 6. The number of hydrogen-bond donors (Lipinski definition) is 1. The highest BCUT2D eigenvalue weighted by Gasteiger charge is 2.50. The van der Waals surface area contributed by atoms with Crippen LogP contribution in [0.5, 0.6) is 0 Å². The van der Waals surface area contributed by atoms with E-state index in [0.717, 1.165) is 32.4 Å². The van der Waals surface area contributed by atoms with Gasteiger partial charge >= 0.3 is 6.09 Å². The van der Waals surface area contributed by atoms with Crippen LogP contribution in [0.15, 0.2) is 5.51 Å². The Kier molecular flexibility index (Phi) is 5.36. The lowest BCUT2D eigenvalue weighted by Gasteiger charge is -2.43. The predicted octanol–water partition coefficient (Wildman–Crippen LogP) is 4.79. The summed E-state index contributed by atoms with van der Waals surface area (Å²) in [4.78, 5) is 20.3. The molecule has 146 valence electrons. The van der Waals surface area contributed by atoms with Crippen LogP contribution >= 0.6 is 23.3 Å². The van der Waals surface area contributed by atoms with Crippen LogP contribution in [0.3, 0.4) is 0 Å². The maximum absolute atomic E-state index is 12.4. The van der Waals surface area contributed by atoms with E-state index in [1.807, 2.05) is 31.2 Å². The first-order valence-electron chi connectivity index (χ1n) is 9.33. The summed E-state index contributed by atoms with van der Waals surface area (Å²) in [6, 6.07) is 0.315. The van der Waals surface area contributed by atoms with Gasteiger partial charge in [-0.1, -0.05) is 11.9 Å². The van der Waals surface area contributed by atoms with E-state index in [1.54, 1.807) is 23.3 Å². The number of amides is 1. The minimum atomic E-state index is -0.443. The Bertz CT molecular complexity index is 652. The monoisotopic (exact) mass is 397 g/mol. The molecule has 1 aromatic rings. The molecule has 0 bridgehead atoms. The predicted molar refractivity (Wildman–Crippen MR) is 109 cm³/mol. The van der Waals surface area contributed by atoms with E-state index < -0.39 is 5.60 Å². The Balaban J connectivity index is 1.70. The zero-order valence-electron chi connectivity index (χ0n) is 16.7. The molecule has 1 aliphatic heterocycles. The van der Waals surface area contributed by atoms with Crippen molar-refractivity contribution < 1.29 is 9.53 Å². The van der Waals surface area contributed by atoms with Gasteiger partial charge in [0.05, 0.1) is 17.2 Å². The summed E-state index contributed by atoms with van der Waals surface area (Å²) in [5.74, 6) is 0. The Hall–Kier alpha value is -0.790. The van der Waals surface area contributed by atoms with Crippen molar-refractivity contribution in [3.63, 3.8) is 0 Å². The Morgan fingerprint density at radius 3 is 2.54 bits per heavy atom. The minimum absolute atomic E-state index is 0.159. The van der Waals surface area contributed by atoms with Crippen LogP contribution in [0.1, 0.15) is 71.0 Å².